The number of carbonyl (C=O) groups is 2. The fourth-order valence-electron chi connectivity index (χ4n) is 4.32. The maximum atomic E-state index is 12.0. The minimum atomic E-state index is -0.236. The number of halogens is 1. The maximum Gasteiger partial charge on any atom is 0.409 e. The van der Waals surface area contributed by atoms with Crippen molar-refractivity contribution in [3.8, 4) is 0 Å². The number of aliphatic imine (C=N–C) groups is 1. The standard InChI is InChI=1S/C22H41N5O3.HI/c1-6-30-21(29)27-12-8-18(9-13-27)25-20(23-15-19(28)26(4)5)24-16-22(10-7-11-22)14-17(2)3;/h17-18H,6-16H2,1-5H3,(H2,23,24,25);1H. The van der Waals surface area contributed by atoms with Crippen molar-refractivity contribution in [1.29, 1.82) is 0 Å². The topological polar surface area (TPSA) is 86.3 Å². The van der Waals surface area contributed by atoms with Crippen molar-refractivity contribution in [3.63, 3.8) is 0 Å². The van der Waals surface area contributed by atoms with Gasteiger partial charge in [0.05, 0.1) is 6.61 Å². The zero-order valence-corrected chi connectivity index (χ0v) is 22.2. The molecule has 0 aromatic carbocycles. The van der Waals surface area contributed by atoms with E-state index in [4.69, 9.17) is 4.74 Å². The van der Waals surface area contributed by atoms with Crippen LogP contribution in [-0.2, 0) is 9.53 Å². The van der Waals surface area contributed by atoms with E-state index in [9.17, 15) is 9.59 Å². The smallest absolute Gasteiger partial charge is 0.409 e. The second-order valence-corrected chi connectivity index (χ2v) is 9.36. The minimum Gasteiger partial charge on any atom is -0.450 e. The van der Waals surface area contributed by atoms with Gasteiger partial charge >= 0.3 is 6.09 Å². The van der Waals surface area contributed by atoms with Crippen LogP contribution in [0.2, 0.25) is 0 Å². The molecule has 1 heterocycles. The first-order valence-electron chi connectivity index (χ1n) is 11.4. The molecule has 0 unspecified atom stereocenters. The van der Waals surface area contributed by atoms with E-state index in [1.165, 1.54) is 25.7 Å². The van der Waals surface area contributed by atoms with Crippen molar-refractivity contribution >= 4 is 41.9 Å². The molecule has 2 aliphatic rings. The minimum absolute atomic E-state index is 0. The molecular weight excluding hydrogens is 509 g/mol. The number of guanidine groups is 1. The second kappa shape index (κ2) is 13.3. The summed E-state index contributed by atoms with van der Waals surface area (Å²) in [6, 6.07) is 0.221. The number of nitrogens with one attached hydrogen (secondary N) is 2. The number of hydrogen-bond acceptors (Lipinski definition) is 4. The fraction of sp³-hybridized carbons (Fsp3) is 0.864. The van der Waals surface area contributed by atoms with Crippen molar-refractivity contribution < 1.29 is 14.3 Å². The van der Waals surface area contributed by atoms with Crippen molar-refractivity contribution in [3.05, 3.63) is 0 Å². The third-order valence-electron chi connectivity index (χ3n) is 6.12. The first-order valence-corrected chi connectivity index (χ1v) is 11.4. The molecule has 2 fully saturated rings. The average Bonchev–Trinajstić information content (AvgIpc) is 2.67. The van der Waals surface area contributed by atoms with Crippen LogP contribution >= 0.6 is 24.0 Å². The lowest BCUT2D eigenvalue weighted by atomic mass is 9.64. The SMILES string of the molecule is CCOC(=O)N1CCC(NC(=NCC(=O)N(C)C)NCC2(CC(C)C)CCC2)CC1.I. The van der Waals surface area contributed by atoms with Gasteiger partial charge in [-0.25, -0.2) is 9.79 Å². The molecule has 2 N–H and O–H groups in total. The predicted molar refractivity (Wildman–Crippen MR) is 135 cm³/mol. The number of amides is 2. The van der Waals surface area contributed by atoms with Crippen LogP contribution in [0.4, 0.5) is 4.79 Å². The molecule has 0 spiro atoms. The number of nitrogens with zero attached hydrogens (tertiary/aromatic N) is 3. The summed E-state index contributed by atoms with van der Waals surface area (Å²) >= 11 is 0. The summed E-state index contributed by atoms with van der Waals surface area (Å²) < 4.78 is 5.10. The van der Waals surface area contributed by atoms with Crippen molar-refractivity contribution in [2.45, 2.75) is 65.3 Å². The highest BCUT2D eigenvalue weighted by Crippen LogP contribution is 2.45. The Balaban J connectivity index is 0.00000480. The van der Waals surface area contributed by atoms with Crippen LogP contribution in [0.1, 0.15) is 59.3 Å². The van der Waals surface area contributed by atoms with Crippen molar-refractivity contribution in [2.75, 3.05) is 46.9 Å². The molecule has 180 valence electrons. The number of likely N-dealkylation sites (tertiary alicyclic amines) is 1. The van der Waals surface area contributed by atoms with Crippen molar-refractivity contribution in [2.24, 2.45) is 16.3 Å². The Morgan fingerprint density at radius 1 is 1.23 bits per heavy atom. The highest BCUT2D eigenvalue weighted by molar-refractivity contribution is 14.0. The van der Waals surface area contributed by atoms with Crippen molar-refractivity contribution in [1.82, 2.24) is 20.4 Å². The van der Waals surface area contributed by atoms with Crippen LogP contribution in [-0.4, -0.2) is 80.7 Å². The third kappa shape index (κ3) is 9.02. The van der Waals surface area contributed by atoms with Crippen LogP contribution in [0.5, 0.6) is 0 Å². The Morgan fingerprint density at radius 2 is 1.87 bits per heavy atom. The maximum absolute atomic E-state index is 12.0. The molecule has 31 heavy (non-hydrogen) atoms. The number of rotatable bonds is 8. The molecule has 0 atom stereocenters. The molecule has 0 bridgehead atoms. The van der Waals surface area contributed by atoms with E-state index >= 15 is 0 Å². The van der Waals surface area contributed by atoms with Crippen LogP contribution < -0.4 is 10.6 Å². The van der Waals surface area contributed by atoms with E-state index in [-0.39, 0.29) is 48.6 Å². The summed E-state index contributed by atoms with van der Waals surface area (Å²) in [6.07, 6.45) is 6.43. The molecule has 8 nitrogen and oxygen atoms in total. The quantitative estimate of drug-likeness (QED) is 0.275. The molecule has 0 aromatic heterocycles. The number of piperidine rings is 1. The number of likely N-dealkylation sites (N-methyl/N-ethyl adjacent to an activating group) is 1. The van der Waals surface area contributed by atoms with Crippen LogP contribution in [0.3, 0.4) is 0 Å². The van der Waals surface area contributed by atoms with Crippen LogP contribution in [0, 0.1) is 11.3 Å². The van der Waals surface area contributed by atoms with Gasteiger partial charge in [0.2, 0.25) is 5.91 Å². The van der Waals surface area contributed by atoms with Gasteiger partial charge in [-0.3, -0.25) is 4.79 Å². The molecule has 1 aliphatic carbocycles. The van der Waals surface area contributed by atoms with E-state index in [1.54, 1.807) is 23.9 Å². The summed E-state index contributed by atoms with van der Waals surface area (Å²) in [4.78, 5) is 31.8. The number of ether oxygens (including phenoxy) is 1. The van der Waals surface area contributed by atoms with Gasteiger partial charge in [0, 0.05) is 39.8 Å². The summed E-state index contributed by atoms with van der Waals surface area (Å²) in [5, 5.41) is 7.03. The first kappa shape index (κ1) is 27.8. The Morgan fingerprint density at radius 3 is 2.35 bits per heavy atom. The van der Waals surface area contributed by atoms with Gasteiger partial charge in [0.15, 0.2) is 5.96 Å². The zero-order valence-electron chi connectivity index (χ0n) is 19.9. The van der Waals surface area contributed by atoms with Crippen LogP contribution in [0.15, 0.2) is 4.99 Å². The first-order chi connectivity index (χ1) is 14.2. The Bertz CT molecular complexity index is 600. The van der Waals surface area contributed by atoms with Gasteiger partial charge in [-0.2, -0.15) is 0 Å². The largest absolute Gasteiger partial charge is 0.450 e. The molecular formula is C22H42IN5O3. The van der Waals surface area contributed by atoms with Gasteiger partial charge < -0.3 is 25.2 Å². The van der Waals surface area contributed by atoms with Gasteiger partial charge in [-0.15, -0.1) is 24.0 Å². The average molecular weight is 552 g/mol. The number of hydrogen-bond donors (Lipinski definition) is 2. The molecule has 1 saturated carbocycles. The molecule has 9 heteroatoms. The van der Waals surface area contributed by atoms with E-state index in [1.807, 2.05) is 6.92 Å². The Kier molecular flexibility index (Phi) is 11.9. The molecule has 0 radical (unpaired) electrons. The summed E-state index contributed by atoms with van der Waals surface area (Å²) in [5.74, 6) is 1.35. The zero-order chi connectivity index (χ0) is 22.1. The van der Waals surface area contributed by atoms with E-state index < -0.39 is 0 Å². The molecule has 2 amide bonds. The van der Waals surface area contributed by atoms with Gasteiger partial charge in [-0.05, 0) is 50.4 Å². The predicted octanol–water partition coefficient (Wildman–Crippen LogP) is 3.07. The highest BCUT2D eigenvalue weighted by Gasteiger charge is 2.37. The van der Waals surface area contributed by atoms with Gasteiger partial charge in [0.1, 0.15) is 6.54 Å². The summed E-state index contributed by atoms with van der Waals surface area (Å²) in [6.45, 7) is 9.12. The molecule has 1 aliphatic heterocycles. The Labute approximate surface area is 204 Å². The second-order valence-electron chi connectivity index (χ2n) is 9.36. The van der Waals surface area contributed by atoms with E-state index in [0.29, 0.717) is 37.0 Å². The lowest BCUT2D eigenvalue weighted by Gasteiger charge is -2.44. The third-order valence-corrected chi connectivity index (χ3v) is 6.12. The van der Waals surface area contributed by atoms with E-state index in [0.717, 1.165) is 19.4 Å². The molecule has 1 saturated heterocycles. The van der Waals surface area contributed by atoms with E-state index in [2.05, 4.69) is 29.5 Å². The number of carbonyl (C=O) groups excluding carboxylic acids is 2. The lowest BCUT2D eigenvalue weighted by Crippen LogP contribution is -2.52. The Hall–Kier alpha value is -1.26. The van der Waals surface area contributed by atoms with Gasteiger partial charge in [-0.1, -0.05) is 20.3 Å². The fourth-order valence-corrected chi connectivity index (χ4v) is 4.32. The lowest BCUT2D eigenvalue weighted by molar-refractivity contribution is -0.127. The highest BCUT2D eigenvalue weighted by atomic mass is 127. The molecule has 2 rings (SSSR count). The van der Waals surface area contributed by atoms with Crippen LogP contribution in [0.25, 0.3) is 0 Å². The summed E-state index contributed by atoms with van der Waals surface area (Å²) in [5.41, 5.74) is 0.343. The van der Waals surface area contributed by atoms with Gasteiger partial charge in [0.25, 0.3) is 0 Å². The normalized spacial score (nSPS) is 18.6. The summed E-state index contributed by atoms with van der Waals surface area (Å²) in [7, 11) is 3.49. The molecule has 0 aromatic rings. The monoisotopic (exact) mass is 551 g/mol.